The molecule has 0 saturated carbocycles. The van der Waals surface area contributed by atoms with Crippen LogP contribution in [0.1, 0.15) is 31.1 Å². The van der Waals surface area contributed by atoms with Gasteiger partial charge in [0.1, 0.15) is 5.82 Å². The topological polar surface area (TPSA) is 81.0 Å². The number of fused-ring (bicyclic) bond motifs is 1. The Balaban J connectivity index is 1.64. The number of halogens is 2. The van der Waals surface area contributed by atoms with Crippen LogP contribution in [0.2, 0.25) is 0 Å². The fourth-order valence-electron chi connectivity index (χ4n) is 3.90. The Kier molecular flexibility index (Phi) is 6.50. The fraction of sp³-hybridized carbons (Fsp3) is 0.364. The molecule has 1 saturated heterocycles. The first kappa shape index (κ1) is 23.7. The van der Waals surface area contributed by atoms with Gasteiger partial charge in [0.15, 0.2) is 10.6 Å². The molecule has 0 unspecified atom stereocenters. The number of aromatic nitrogens is 1. The van der Waals surface area contributed by atoms with Crippen molar-refractivity contribution < 1.29 is 26.7 Å². The zero-order valence-electron chi connectivity index (χ0n) is 18.3. The number of rotatable bonds is 4. The van der Waals surface area contributed by atoms with Gasteiger partial charge >= 0.3 is 0 Å². The first-order valence-corrected chi connectivity index (χ1v) is 12.7. The molecule has 1 fully saturated rings. The normalized spacial score (nSPS) is 20.5. The Morgan fingerprint density at radius 3 is 2.39 bits per heavy atom. The first-order valence-electron chi connectivity index (χ1n) is 10.4. The van der Waals surface area contributed by atoms with Crippen LogP contribution >= 0.6 is 11.3 Å². The van der Waals surface area contributed by atoms with Gasteiger partial charge in [-0.25, -0.2) is 17.2 Å². The van der Waals surface area contributed by atoms with E-state index in [1.165, 1.54) is 39.2 Å². The number of carbonyl (C=O) groups is 1. The van der Waals surface area contributed by atoms with Gasteiger partial charge in [-0.05, 0) is 51.1 Å². The predicted octanol–water partition coefficient (Wildman–Crippen LogP) is 3.54. The van der Waals surface area contributed by atoms with Crippen LogP contribution < -0.4 is 4.80 Å². The van der Waals surface area contributed by atoms with Crippen molar-refractivity contribution in [3.63, 3.8) is 0 Å². The van der Waals surface area contributed by atoms with Crippen LogP contribution in [0.4, 0.5) is 8.78 Å². The molecule has 4 rings (SSSR count). The molecule has 1 amide bonds. The quantitative estimate of drug-likeness (QED) is 0.555. The largest absolute Gasteiger partial charge is 0.373 e. The average molecular weight is 496 g/mol. The first-order chi connectivity index (χ1) is 15.6. The highest BCUT2D eigenvalue weighted by Crippen LogP contribution is 2.23. The molecular formula is C22H23F2N3O4S2. The number of sulfonamides is 1. The molecule has 11 heteroatoms. The van der Waals surface area contributed by atoms with E-state index in [0.717, 1.165) is 17.4 Å². The third-order valence-electron chi connectivity index (χ3n) is 5.33. The molecule has 0 N–H and O–H groups in total. The van der Waals surface area contributed by atoms with E-state index in [1.807, 2.05) is 13.8 Å². The highest BCUT2D eigenvalue weighted by Gasteiger charge is 2.32. The van der Waals surface area contributed by atoms with Gasteiger partial charge in [-0.15, -0.1) is 0 Å². The lowest BCUT2D eigenvalue weighted by atomic mass is 10.2. The van der Waals surface area contributed by atoms with Crippen molar-refractivity contribution in [1.82, 2.24) is 8.87 Å². The summed E-state index contributed by atoms with van der Waals surface area (Å²) in [5.74, 6) is -2.04. The summed E-state index contributed by atoms with van der Waals surface area (Å²) in [6.45, 7) is 6.25. The van der Waals surface area contributed by atoms with Crippen molar-refractivity contribution in [2.24, 2.45) is 4.99 Å². The molecule has 0 bridgehead atoms. The number of ether oxygens (including phenoxy) is 1. The third kappa shape index (κ3) is 4.63. The van der Waals surface area contributed by atoms with Gasteiger partial charge in [0.25, 0.3) is 5.91 Å². The number of carbonyl (C=O) groups excluding carboxylic acids is 1. The molecule has 0 spiro atoms. The van der Waals surface area contributed by atoms with E-state index in [1.54, 1.807) is 6.92 Å². The second-order valence-corrected chi connectivity index (χ2v) is 10.8. The number of amides is 1. The Bertz CT molecular complexity index is 1370. The highest BCUT2D eigenvalue weighted by atomic mass is 32.2. The second kappa shape index (κ2) is 9.05. The van der Waals surface area contributed by atoms with Crippen LogP contribution in [0.25, 0.3) is 10.2 Å². The summed E-state index contributed by atoms with van der Waals surface area (Å²) in [6, 6.07) is 7.53. The van der Waals surface area contributed by atoms with E-state index in [4.69, 9.17) is 4.74 Å². The lowest BCUT2D eigenvalue weighted by Gasteiger charge is -2.34. The molecule has 2 heterocycles. The molecule has 0 radical (unpaired) electrons. The summed E-state index contributed by atoms with van der Waals surface area (Å²) in [6.07, 6.45) is -0.430. The monoisotopic (exact) mass is 495 g/mol. The van der Waals surface area contributed by atoms with E-state index >= 15 is 0 Å². The number of hydrogen-bond acceptors (Lipinski definition) is 5. The summed E-state index contributed by atoms with van der Waals surface area (Å²) < 4.78 is 62.7. The molecule has 3 aromatic rings. The zero-order valence-corrected chi connectivity index (χ0v) is 19.9. The Hall–Kier alpha value is -2.47. The summed E-state index contributed by atoms with van der Waals surface area (Å²) >= 11 is 1.01. The van der Waals surface area contributed by atoms with Crippen molar-refractivity contribution in [3.8, 4) is 0 Å². The average Bonchev–Trinajstić information content (AvgIpc) is 3.10. The second-order valence-electron chi connectivity index (χ2n) is 7.88. The van der Waals surface area contributed by atoms with Crippen LogP contribution in [0.15, 0.2) is 46.3 Å². The standard InChI is InChI=1S/C22H23F2N3O4S2/c1-4-27-20-18(24)9-16(23)10-19(20)32-22(27)25-21(28)15-5-7-17(8-6-15)33(29,30)26-11-13(2)31-14(3)12-26/h5-10,13-14H,4,11-12H2,1-3H3/t13-,14-/m1/s1. The number of nitrogens with zero attached hydrogens (tertiary/aromatic N) is 3. The zero-order chi connectivity index (χ0) is 23.9. The lowest BCUT2D eigenvalue weighted by molar-refractivity contribution is -0.0440. The molecule has 2 atom stereocenters. The van der Waals surface area contributed by atoms with Crippen LogP contribution in [0, 0.1) is 11.6 Å². The summed E-state index contributed by atoms with van der Waals surface area (Å²) in [5.41, 5.74) is 0.371. The Labute approximate surface area is 194 Å². The van der Waals surface area contributed by atoms with Crippen LogP contribution in [0.3, 0.4) is 0 Å². The number of thiazole rings is 1. The minimum atomic E-state index is -3.73. The van der Waals surface area contributed by atoms with Crippen molar-refractivity contribution in [2.75, 3.05) is 13.1 Å². The Morgan fingerprint density at radius 1 is 1.15 bits per heavy atom. The van der Waals surface area contributed by atoms with Crippen LogP contribution in [-0.2, 0) is 21.3 Å². The van der Waals surface area contributed by atoms with Crippen molar-refractivity contribution in [3.05, 3.63) is 58.4 Å². The number of benzene rings is 2. The number of morpholine rings is 1. The number of hydrogen-bond donors (Lipinski definition) is 0. The van der Waals surface area contributed by atoms with E-state index in [-0.39, 0.29) is 46.1 Å². The van der Waals surface area contributed by atoms with Gasteiger partial charge in [0.05, 0.1) is 27.3 Å². The molecule has 2 aromatic carbocycles. The third-order valence-corrected chi connectivity index (χ3v) is 8.21. The van der Waals surface area contributed by atoms with Gasteiger partial charge in [-0.2, -0.15) is 9.30 Å². The smallest absolute Gasteiger partial charge is 0.279 e. The highest BCUT2D eigenvalue weighted by molar-refractivity contribution is 7.89. The van der Waals surface area contributed by atoms with Gasteiger partial charge < -0.3 is 9.30 Å². The molecule has 176 valence electrons. The van der Waals surface area contributed by atoms with E-state index in [9.17, 15) is 22.0 Å². The molecule has 1 aliphatic rings. The van der Waals surface area contributed by atoms with Gasteiger partial charge in [0.2, 0.25) is 10.0 Å². The molecule has 7 nitrogen and oxygen atoms in total. The summed E-state index contributed by atoms with van der Waals surface area (Å²) in [5, 5.41) is 0. The van der Waals surface area contributed by atoms with Crippen molar-refractivity contribution in [1.29, 1.82) is 0 Å². The Morgan fingerprint density at radius 2 is 1.79 bits per heavy atom. The van der Waals surface area contributed by atoms with Crippen molar-refractivity contribution in [2.45, 2.75) is 44.4 Å². The summed E-state index contributed by atoms with van der Waals surface area (Å²) in [4.78, 5) is 17.1. The maximum Gasteiger partial charge on any atom is 0.279 e. The molecule has 1 aliphatic heterocycles. The van der Waals surface area contributed by atoms with E-state index in [2.05, 4.69) is 4.99 Å². The minimum Gasteiger partial charge on any atom is -0.373 e. The van der Waals surface area contributed by atoms with Crippen LogP contribution in [0.5, 0.6) is 0 Å². The summed E-state index contributed by atoms with van der Waals surface area (Å²) in [7, 11) is -3.73. The molecule has 33 heavy (non-hydrogen) atoms. The predicted molar refractivity (Wildman–Crippen MR) is 121 cm³/mol. The SMILES string of the molecule is CCn1c(=NC(=O)c2ccc(S(=O)(=O)N3C[C@@H](C)O[C@H](C)C3)cc2)sc2cc(F)cc(F)c21. The van der Waals surface area contributed by atoms with E-state index < -0.39 is 27.6 Å². The molecule has 1 aromatic heterocycles. The van der Waals surface area contributed by atoms with Gasteiger partial charge in [0, 0.05) is 31.3 Å². The maximum atomic E-state index is 14.3. The van der Waals surface area contributed by atoms with Crippen molar-refractivity contribution >= 4 is 37.5 Å². The minimum absolute atomic E-state index is 0.0726. The fourth-order valence-corrected chi connectivity index (χ4v) is 6.63. The molecular weight excluding hydrogens is 472 g/mol. The van der Waals surface area contributed by atoms with Crippen LogP contribution in [-0.4, -0.2) is 48.5 Å². The lowest BCUT2D eigenvalue weighted by Crippen LogP contribution is -2.48. The van der Waals surface area contributed by atoms with E-state index in [0.29, 0.717) is 11.2 Å². The number of aryl methyl sites for hydroxylation is 1. The molecule has 0 aliphatic carbocycles. The maximum absolute atomic E-state index is 14.3. The van der Waals surface area contributed by atoms with Gasteiger partial charge in [-0.3, -0.25) is 4.79 Å². The van der Waals surface area contributed by atoms with Gasteiger partial charge in [-0.1, -0.05) is 11.3 Å².